The van der Waals surface area contributed by atoms with E-state index in [1.807, 2.05) is 17.3 Å². The molecule has 0 bridgehead atoms. The molecule has 27 heavy (non-hydrogen) atoms. The molecule has 0 saturated carbocycles. The van der Waals surface area contributed by atoms with Gasteiger partial charge in [-0.1, -0.05) is 13.8 Å². The van der Waals surface area contributed by atoms with Crippen molar-refractivity contribution < 1.29 is 4.79 Å². The lowest BCUT2D eigenvalue weighted by Crippen LogP contribution is -2.47. The minimum absolute atomic E-state index is 0.0694. The number of aromatic nitrogens is 3. The Bertz CT molecular complexity index is 806. The summed E-state index contributed by atoms with van der Waals surface area (Å²) in [5.41, 5.74) is 2.66. The number of hydrogen-bond acceptors (Lipinski definition) is 5. The molecule has 7 heteroatoms. The van der Waals surface area contributed by atoms with E-state index in [2.05, 4.69) is 34.1 Å². The number of fused-ring (bicyclic) bond motifs is 1. The highest BCUT2D eigenvalue weighted by Gasteiger charge is 2.39. The number of hydrogen-bond donors (Lipinski definition) is 1. The number of nitrogens with one attached hydrogen (secondary N) is 1. The Labute approximate surface area is 160 Å². The van der Waals surface area contributed by atoms with Crippen molar-refractivity contribution in [2.24, 2.45) is 5.41 Å². The Morgan fingerprint density at radius 3 is 2.89 bits per heavy atom. The average Bonchev–Trinajstić information content (AvgIpc) is 3.32. The summed E-state index contributed by atoms with van der Waals surface area (Å²) in [5, 5.41) is 7.89. The summed E-state index contributed by atoms with van der Waals surface area (Å²) in [4.78, 5) is 22.1. The molecule has 1 atom stereocenters. The van der Waals surface area contributed by atoms with Crippen LogP contribution in [0.3, 0.4) is 0 Å². The lowest BCUT2D eigenvalue weighted by Gasteiger charge is -2.39. The molecule has 2 aromatic rings. The highest BCUT2D eigenvalue weighted by atomic mass is 16.2. The molecule has 0 aromatic carbocycles. The van der Waals surface area contributed by atoms with Crippen LogP contribution in [-0.4, -0.2) is 69.6 Å². The summed E-state index contributed by atoms with van der Waals surface area (Å²) < 4.78 is 1.75. The second kappa shape index (κ2) is 7.56. The third kappa shape index (κ3) is 3.58. The van der Waals surface area contributed by atoms with Crippen LogP contribution in [-0.2, 0) is 6.54 Å². The second-order valence-corrected chi connectivity index (χ2v) is 8.01. The van der Waals surface area contributed by atoms with E-state index < -0.39 is 0 Å². The molecule has 0 aliphatic carbocycles. The van der Waals surface area contributed by atoms with Crippen LogP contribution >= 0.6 is 0 Å². The van der Waals surface area contributed by atoms with Crippen molar-refractivity contribution in [3.8, 4) is 0 Å². The molecule has 1 N–H and O–H groups in total. The Morgan fingerprint density at radius 1 is 1.30 bits per heavy atom. The van der Waals surface area contributed by atoms with Gasteiger partial charge in [-0.15, -0.1) is 0 Å². The molecule has 2 saturated heterocycles. The van der Waals surface area contributed by atoms with Crippen molar-refractivity contribution in [2.45, 2.75) is 39.7 Å². The van der Waals surface area contributed by atoms with Crippen LogP contribution in [0.4, 0.5) is 0 Å². The van der Waals surface area contributed by atoms with Gasteiger partial charge in [0.05, 0.1) is 6.20 Å². The molecule has 0 radical (unpaired) electrons. The summed E-state index contributed by atoms with van der Waals surface area (Å²) in [6.45, 7) is 10.9. The van der Waals surface area contributed by atoms with Gasteiger partial charge < -0.3 is 10.2 Å². The highest BCUT2D eigenvalue weighted by molar-refractivity contribution is 5.99. The SMILES string of the molecule is CCN(CC)Cc1cnc2c(C(=O)N3CCC[C@@]4(CCNC4)C3)cnn2c1. The summed E-state index contributed by atoms with van der Waals surface area (Å²) >= 11 is 0. The fraction of sp³-hybridized carbons (Fsp3) is 0.650. The maximum Gasteiger partial charge on any atom is 0.259 e. The number of carbonyl (C=O) groups excluding carboxylic acids is 1. The smallest absolute Gasteiger partial charge is 0.259 e. The molecule has 0 unspecified atom stereocenters. The van der Waals surface area contributed by atoms with Crippen molar-refractivity contribution in [3.63, 3.8) is 0 Å². The second-order valence-electron chi connectivity index (χ2n) is 8.01. The van der Waals surface area contributed by atoms with Crippen LogP contribution in [0, 0.1) is 5.41 Å². The first-order chi connectivity index (χ1) is 13.1. The quantitative estimate of drug-likeness (QED) is 0.869. The van der Waals surface area contributed by atoms with Crippen LogP contribution in [0.15, 0.2) is 18.6 Å². The van der Waals surface area contributed by atoms with Gasteiger partial charge in [-0.25, -0.2) is 9.50 Å². The fourth-order valence-electron chi connectivity index (χ4n) is 4.55. The number of amides is 1. The third-order valence-electron chi connectivity index (χ3n) is 6.22. The molecule has 2 aliphatic rings. The zero-order valence-electron chi connectivity index (χ0n) is 16.4. The number of nitrogens with zero attached hydrogens (tertiary/aromatic N) is 5. The van der Waals surface area contributed by atoms with E-state index in [9.17, 15) is 4.79 Å². The van der Waals surface area contributed by atoms with Gasteiger partial charge in [-0.3, -0.25) is 9.69 Å². The minimum atomic E-state index is 0.0694. The van der Waals surface area contributed by atoms with E-state index in [-0.39, 0.29) is 11.3 Å². The minimum Gasteiger partial charge on any atom is -0.338 e. The van der Waals surface area contributed by atoms with Crippen LogP contribution in [0.25, 0.3) is 5.65 Å². The maximum absolute atomic E-state index is 13.2. The average molecular weight is 371 g/mol. The number of carbonyl (C=O) groups is 1. The Hall–Kier alpha value is -1.99. The molecule has 2 fully saturated rings. The molecule has 7 nitrogen and oxygen atoms in total. The van der Waals surface area contributed by atoms with Gasteiger partial charge in [0.1, 0.15) is 5.56 Å². The van der Waals surface area contributed by atoms with Crippen LogP contribution in [0.1, 0.15) is 49.0 Å². The molecule has 4 rings (SSSR count). The van der Waals surface area contributed by atoms with Gasteiger partial charge in [0.25, 0.3) is 5.91 Å². The predicted octanol–water partition coefficient (Wildman–Crippen LogP) is 1.79. The number of likely N-dealkylation sites (tertiary alicyclic amines) is 1. The first-order valence-corrected chi connectivity index (χ1v) is 10.2. The van der Waals surface area contributed by atoms with E-state index in [1.54, 1.807) is 10.7 Å². The number of piperidine rings is 1. The van der Waals surface area contributed by atoms with Crippen molar-refractivity contribution in [3.05, 3.63) is 29.7 Å². The van der Waals surface area contributed by atoms with Crippen LogP contribution < -0.4 is 5.32 Å². The summed E-state index contributed by atoms with van der Waals surface area (Å²) in [7, 11) is 0. The lowest BCUT2D eigenvalue weighted by molar-refractivity contribution is 0.0555. The molecule has 2 aromatic heterocycles. The Kier molecular flexibility index (Phi) is 5.14. The lowest BCUT2D eigenvalue weighted by atomic mass is 9.79. The van der Waals surface area contributed by atoms with E-state index in [4.69, 9.17) is 0 Å². The van der Waals surface area contributed by atoms with Gasteiger partial charge in [0.15, 0.2) is 5.65 Å². The molecular weight excluding hydrogens is 340 g/mol. The third-order valence-corrected chi connectivity index (χ3v) is 6.22. The first kappa shape index (κ1) is 18.4. The van der Waals surface area contributed by atoms with Crippen molar-refractivity contribution in [1.29, 1.82) is 0 Å². The zero-order chi connectivity index (χ0) is 18.9. The normalized spacial score (nSPS) is 23.0. The topological polar surface area (TPSA) is 65.8 Å². The molecule has 1 amide bonds. The molecule has 4 heterocycles. The van der Waals surface area contributed by atoms with Gasteiger partial charge in [0.2, 0.25) is 0 Å². The van der Waals surface area contributed by atoms with Crippen molar-refractivity contribution in [2.75, 3.05) is 39.3 Å². The molecule has 2 aliphatic heterocycles. The predicted molar refractivity (Wildman–Crippen MR) is 105 cm³/mol. The molecular formula is C20H30N6O. The van der Waals surface area contributed by atoms with E-state index >= 15 is 0 Å². The standard InChI is InChI=1S/C20H30N6O/c1-3-24(4-2)12-16-10-22-18-17(11-23-26(18)13-16)19(27)25-9-5-6-20(15-25)7-8-21-14-20/h10-11,13,21H,3-9,12,14-15H2,1-2H3/t20-/m0/s1. The van der Waals surface area contributed by atoms with Gasteiger partial charge in [0, 0.05) is 49.6 Å². The summed E-state index contributed by atoms with van der Waals surface area (Å²) in [6.07, 6.45) is 9.01. The fourth-order valence-corrected chi connectivity index (χ4v) is 4.55. The van der Waals surface area contributed by atoms with E-state index in [0.29, 0.717) is 11.2 Å². The Balaban J connectivity index is 1.54. The van der Waals surface area contributed by atoms with Gasteiger partial charge >= 0.3 is 0 Å². The summed E-state index contributed by atoms with van der Waals surface area (Å²) in [5.74, 6) is 0.0694. The van der Waals surface area contributed by atoms with Gasteiger partial charge in [-0.05, 0) is 38.9 Å². The monoisotopic (exact) mass is 370 g/mol. The van der Waals surface area contributed by atoms with E-state index in [0.717, 1.165) is 57.8 Å². The number of rotatable bonds is 5. The van der Waals surface area contributed by atoms with E-state index in [1.165, 1.54) is 12.8 Å². The van der Waals surface area contributed by atoms with Gasteiger partial charge in [-0.2, -0.15) is 5.10 Å². The van der Waals surface area contributed by atoms with Crippen molar-refractivity contribution in [1.82, 2.24) is 29.7 Å². The van der Waals surface area contributed by atoms with Crippen LogP contribution in [0.2, 0.25) is 0 Å². The highest BCUT2D eigenvalue weighted by Crippen LogP contribution is 2.36. The Morgan fingerprint density at radius 2 is 2.15 bits per heavy atom. The maximum atomic E-state index is 13.2. The molecule has 1 spiro atoms. The van der Waals surface area contributed by atoms with Crippen LogP contribution in [0.5, 0.6) is 0 Å². The largest absolute Gasteiger partial charge is 0.338 e. The first-order valence-electron chi connectivity index (χ1n) is 10.2. The zero-order valence-corrected chi connectivity index (χ0v) is 16.4. The molecule has 146 valence electrons. The van der Waals surface area contributed by atoms with Crippen molar-refractivity contribution >= 4 is 11.6 Å². The summed E-state index contributed by atoms with van der Waals surface area (Å²) in [6, 6.07) is 0.